The highest BCUT2D eigenvalue weighted by atomic mass is 16.6. The van der Waals surface area contributed by atoms with Crippen LogP contribution in [-0.2, 0) is 36.9 Å². The molecule has 1 saturated heterocycles. The number of aromatic nitrogens is 1. The van der Waals surface area contributed by atoms with Crippen LogP contribution >= 0.6 is 0 Å². The predicted octanol–water partition coefficient (Wildman–Crippen LogP) is 5.70. The van der Waals surface area contributed by atoms with Crippen LogP contribution in [0.2, 0.25) is 0 Å². The maximum atomic E-state index is 13.7. The fraction of sp³-hybridized carbons (Fsp3) is 0.543. The predicted molar refractivity (Wildman–Crippen MR) is 220 cm³/mol. The third-order valence-electron chi connectivity index (χ3n) is 12.9. The van der Waals surface area contributed by atoms with Crippen molar-refractivity contribution in [2.75, 3.05) is 46.6 Å². The van der Waals surface area contributed by atoms with Crippen molar-refractivity contribution in [1.82, 2.24) is 9.88 Å². The summed E-state index contributed by atoms with van der Waals surface area (Å²) in [5.74, 6) is -1.05. The molecule has 3 aromatic rings. The molecule has 59 heavy (non-hydrogen) atoms. The van der Waals surface area contributed by atoms with E-state index < -0.39 is 30.2 Å². The van der Waals surface area contributed by atoms with Gasteiger partial charge >= 0.3 is 5.97 Å². The second-order valence-corrected chi connectivity index (χ2v) is 16.3. The zero-order valence-corrected chi connectivity index (χ0v) is 34.6. The minimum Gasteiger partial charge on any atom is -0.492 e. The summed E-state index contributed by atoms with van der Waals surface area (Å²) in [5.41, 5.74) is 2.79. The average molecular weight is 815 g/mol. The van der Waals surface area contributed by atoms with Gasteiger partial charge in [-0.15, -0.1) is 0 Å². The number of nitrogens with one attached hydrogen (secondary N) is 1. The Morgan fingerprint density at radius 3 is 2.66 bits per heavy atom. The number of fused-ring (bicyclic) bond motifs is 3. The van der Waals surface area contributed by atoms with Crippen molar-refractivity contribution in [3.63, 3.8) is 0 Å². The Balaban J connectivity index is 1.35. The van der Waals surface area contributed by atoms with Gasteiger partial charge in [0.2, 0.25) is 5.76 Å². The number of likely N-dealkylation sites (tertiary alicyclic amines) is 1. The number of aldehydes is 1. The molecule has 1 saturated carbocycles. The Kier molecular flexibility index (Phi) is 13.3. The van der Waals surface area contributed by atoms with Gasteiger partial charge in [0.1, 0.15) is 34.7 Å². The number of rotatable bonds is 16. The van der Waals surface area contributed by atoms with Crippen LogP contribution in [0.5, 0.6) is 17.2 Å². The summed E-state index contributed by atoms with van der Waals surface area (Å²) in [5, 5.41) is 34.4. The molecule has 5 unspecified atom stereocenters. The van der Waals surface area contributed by atoms with E-state index in [1.165, 1.54) is 0 Å². The highest BCUT2D eigenvalue weighted by molar-refractivity contribution is 6.11. The topological polar surface area (TPSA) is 177 Å². The van der Waals surface area contributed by atoms with Gasteiger partial charge in [0.25, 0.3) is 0 Å². The summed E-state index contributed by atoms with van der Waals surface area (Å²) in [7, 11) is 1.71. The molecule has 0 bridgehead atoms. The SMILES string of the molecule is CCOC(=O)C1=C(C=O)C(=C2CCC(=O)C(c3ccc4[nH]ccc4c3)C2)c2c(OCCCO)c3c(c(CO)c2O1)OC(C(C)(O)C1CCN(CCCOC)C(CC)C1)C3. The van der Waals surface area contributed by atoms with E-state index in [1.807, 2.05) is 37.4 Å². The molecule has 1 aromatic heterocycles. The Bertz CT molecular complexity index is 2120. The quantitative estimate of drug-likeness (QED) is 0.0790. The summed E-state index contributed by atoms with van der Waals surface area (Å²) in [6.07, 6.45) is 6.40. The van der Waals surface area contributed by atoms with Crippen LogP contribution in [0.4, 0.5) is 0 Å². The lowest BCUT2D eigenvalue weighted by Crippen LogP contribution is -2.54. The summed E-state index contributed by atoms with van der Waals surface area (Å²) >= 11 is 0. The second kappa shape index (κ2) is 18.4. The highest BCUT2D eigenvalue weighted by Gasteiger charge is 2.50. The summed E-state index contributed by atoms with van der Waals surface area (Å²) < 4.78 is 30.4. The Labute approximate surface area is 345 Å². The first-order chi connectivity index (χ1) is 28.6. The molecule has 1 aliphatic carbocycles. The number of Topliss-reactive ketones (excluding diaryl/α,β-unsaturated/α-hetero) is 1. The molecule has 0 radical (unpaired) electrons. The molecule has 4 heterocycles. The number of esters is 1. The van der Waals surface area contributed by atoms with E-state index in [0.717, 1.165) is 60.8 Å². The standard InChI is InChI=1S/C46H58N2O11/c1-5-31-23-30(14-17-48(31)16-7-19-55-4)46(3,54)38-24-33-41(58-38)35(26-51)43-40(42(33)57-20-8-18-49)39(34(25-50)44(59-43)45(53)56-6-2)29-10-12-37(52)32(22-29)27-9-11-36-28(21-27)13-15-47-36/h9,11,13,15,21,25,30-32,38,47,49,51,54H,5-8,10,12,14,16-20,22-24,26H2,1-4H3. The average Bonchev–Trinajstić information content (AvgIpc) is 3.91. The molecule has 2 fully saturated rings. The number of hydrogen-bond acceptors (Lipinski definition) is 12. The van der Waals surface area contributed by atoms with Gasteiger partial charge in [-0.2, -0.15) is 0 Å². The van der Waals surface area contributed by atoms with E-state index in [9.17, 15) is 29.7 Å². The molecule has 3 aliphatic heterocycles. The first-order valence-corrected chi connectivity index (χ1v) is 21.1. The molecule has 7 rings (SSSR count). The van der Waals surface area contributed by atoms with Crippen molar-refractivity contribution < 1.29 is 53.4 Å². The van der Waals surface area contributed by atoms with Crippen LogP contribution in [0.3, 0.4) is 0 Å². The van der Waals surface area contributed by atoms with Crippen LogP contribution in [0, 0.1) is 5.92 Å². The molecule has 0 spiro atoms. The van der Waals surface area contributed by atoms with Crippen molar-refractivity contribution in [3.8, 4) is 17.2 Å². The number of aliphatic hydroxyl groups is 3. The highest BCUT2D eigenvalue weighted by Crippen LogP contribution is 2.57. The van der Waals surface area contributed by atoms with Crippen LogP contribution in [0.1, 0.15) is 100 Å². The Morgan fingerprint density at radius 2 is 1.93 bits per heavy atom. The maximum Gasteiger partial charge on any atom is 0.375 e. The fourth-order valence-corrected chi connectivity index (χ4v) is 9.69. The molecular weight excluding hydrogens is 757 g/mol. The first kappa shape index (κ1) is 42.6. The second-order valence-electron chi connectivity index (χ2n) is 16.3. The van der Waals surface area contributed by atoms with Gasteiger partial charge < -0.3 is 48.9 Å². The molecular formula is C46H58N2O11. The Morgan fingerprint density at radius 1 is 1.10 bits per heavy atom. The number of hydrogen-bond donors (Lipinski definition) is 4. The number of nitrogens with zero attached hydrogens (tertiary/aromatic N) is 1. The first-order valence-electron chi connectivity index (χ1n) is 21.1. The number of allylic oxidation sites excluding steroid dienone is 3. The normalized spacial score (nSPS) is 24.3. The van der Waals surface area contributed by atoms with E-state index in [1.54, 1.807) is 14.0 Å². The minimum atomic E-state index is -1.29. The molecule has 13 nitrogen and oxygen atoms in total. The van der Waals surface area contributed by atoms with Crippen molar-refractivity contribution in [2.45, 2.75) is 109 Å². The number of carbonyl (C=O) groups excluding carboxylic acids is 3. The van der Waals surface area contributed by atoms with Gasteiger partial charge in [-0.3, -0.25) is 9.59 Å². The number of ether oxygens (including phenoxy) is 5. The van der Waals surface area contributed by atoms with Crippen LogP contribution in [0.25, 0.3) is 16.5 Å². The lowest BCUT2D eigenvalue weighted by Gasteiger charge is -2.46. The van der Waals surface area contributed by atoms with Gasteiger partial charge in [0.15, 0.2) is 6.29 Å². The number of aliphatic hydroxyl groups excluding tert-OH is 2. The van der Waals surface area contributed by atoms with Crippen molar-refractivity contribution in [1.29, 1.82) is 0 Å². The molecule has 4 aliphatic rings. The van der Waals surface area contributed by atoms with E-state index in [4.69, 9.17) is 23.7 Å². The van der Waals surface area contributed by atoms with Crippen molar-refractivity contribution in [2.24, 2.45) is 5.92 Å². The third kappa shape index (κ3) is 8.20. The number of carbonyl (C=O) groups is 3. The zero-order chi connectivity index (χ0) is 41.8. The van der Waals surface area contributed by atoms with Crippen LogP contribution < -0.4 is 14.2 Å². The number of aromatic amines is 1. The maximum absolute atomic E-state index is 13.7. The molecule has 13 heteroatoms. The molecule has 318 valence electrons. The fourth-order valence-electron chi connectivity index (χ4n) is 9.69. The van der Waals surface area contributed by atoms with E-state index >= 15 is 0 Å². The lowest BCUT2D eigenvalue weighted by atomic mass is 9.74. The summed E-state index contributed by atoms with van der Waals surface area (Å²) in [6, 6.07) is 8.12. The molecule has 0 amide bonds. The molecule has 5 atom stereocenters. The van der Waals surface area contributed by atoms with Gasteiger partial charge in [-0.1, -0.05) is 18.6 Å². The molecule has 4 N–H and O–H groups in total. The smallest absolute Gasteiger partial charge is 0.375 e. The lowest BCUT2D eigenvalue weighted by molar-refractivity contribution is -0.141. The number of H-pyrrole nitrogens is 1. The van der Waals surface area contributed by atoms with Crippen LogP contribution in [-0.4, -0.2) is 108 Å². The van der Waals surface area contributed by atoms with Gasteiger partial charge in [-0.05, 0) is 94.0 Å². The van der Waals surface area contributed by atoms with Crippen molar-refractivity contribution in [3.05, 3.63) is 69.6 Å². The summed E-state index contributed by atoms with van der Waals surface area (Å²) in [4.78, 5) is 46.3. The van der Waals surface area contributed by atoms with Gasteiger partial charge in [-0.25, -0.2) is 4.79 Å². The number of benzene rings is 2. The van der Waals surface area contributed by atoms with E-state index in [0.29, 0.717) is 48.2 Å². The van der Waals surface area contributed by atoms with E-state index in [2.05, 4.69) is 16.8 Å². The number of piperidine rings is 1. The number of methoxy groups -OCH3 is 1. The largest absolute Gasteiger partial charge is 0.492 e. The zero-order valence-electron chi connectivity index (χ0n) is 34.6. The van der Waals surface area contributed by atoms with Crippen LogP contribution in [0.15, 0.2) is 47.4 Å². The third-order valence-corrected chi connectivity index (χ3v) is 12.9. The van der Waals surface area contributed by atoms with Gasteiger partial charge in [0.05, 0.1) is 36.5 Å². The Hall–Kier alpha value is -4.53. The number of ketones is 1. The monoisotopic (exact) mass is 814 g/mol. The molecule has 2 aromatic carbocycles. The van der Waals surface area contributed by atoms with Gasteiger partial charge in [0, 0.05) is 80.9 Å². The van der Waals surface area contributed by atoms with E-state index in [-0.39, 0.29) is 85.2 Å². The minimum absolute atomic E-state index is 0.0201. The van der Waals surface area contributed by atoms with Crippen molar-refractivity contribution >= 4 is 34.5 Å². The summed E-state index contributed by atoms with van der Waals surface area (Å²) in [6.45, 7) is 7.52.